The van der Waals surface area contributed by atoms with Crippen LogP contribution >= 0.6 is 22.1 Å². The molecule has 0 aliphatic carbocycles. The normalized spacial score (nSPS) is 16.5. The first-order chi connectivity index (χ1) is 49.8. The fourth-order valence-electron chi connectivity index (χ4n) is 13.1. The van der Waals surface area contributed by atoms with Gasteiger partial charge in [0.2, 0.25) is 28.0 Å². The zero-order valence-corrected chi connectivity index (χ0v) is 66.3. The number of hydrogen-bond acceptors (Lipinski definition) is 20. The van der Waals surface area contributed by atoms with Gasteiger partial charge >= 0.3 is 35.8 Å². The summed E-state index contributed by atoms with van der Waals surface area (Å²) in [5.74, 6) is -13.5. The van der Waals surface area contributed by atoms with Crippen LogP contribution in [0.25, 0.3) is 0 Å². The largest absolute Gasteiger partial charge is 0.481 e. The number of carbonyl (C=O) groups is 12. The number of carbonyl (C=O) groups excluding carboxylic acids is 6. The number of ketones is 4. The van der Waals surface area contributed by atoms with Crippen LogP contribution in [0.1, 0.15) is 211 Å². The molecule has 37 heteroatoms. The molecule has 1 aliphatic heterocycles. The summed E-state index contributed by atoms with van der Waals surface area (Å²) in [4.78, 5) is 186. The molecule has 0 saturated carbocycles. The molecule has 1 aliphatic rings. The number of carboxylic acids is 6. The molecule has 11 N–H and O–H groups in total. The minimum Gasteiger partial charge on any atom is -0.481 e. The van der Waals surface area contributed by atoms with Crippen LogP contribution in [0.2, 0.25) is 10.1 Å². The predicted molar refractivity (Wildman–Crippen MR) is 396 cm³/mol. The molecular formula is C70H114FN8O24P3Si. The van der Waals surface area contributed by atoms with Gasteiger partial charge < -0.3 is 60.1 Å². The Labute approximate surface area is 625 Å². The number of amides is 2. The Morgan fingerprint density at radius 2 is 0.907 bits per heavy atom. The van der Waals surface area contributed by atoms with E-state index in [4.69, 9.17) is 15.3 Å². The highest BCUT2D eigenvalue weighted by atomic mass is 31.2. The topological polar surface area (TPSA) is 503 Å². The molecule has 7 atom stereocenters. The lowest BCUT2D eigenvalue weighted by atomic mass is 9.90. The first-order valence-corrected chi connectivity index (χ1v) is 44.6. The van der Waals surface area contributed by atoms with E-state index in [1.54, 1.807) is 26.8 Å². The number of nitrogens with zero attached hydrogens (tertiary/aromatic N) is 6. The Hall–Kier alpha value is -6.60. The van der Waals surface area contributed by atoms with Gasteiger partial charge in [-0.2, -0.15) is 0 Å². The maximum atomic E-state index is 17.2. The Morgan fingerprint density at radius 3 is 1.36 bits per heavy atom. The van der Waals surface area contributed by atoms with Gasteiger partial charge in [0.05, 0.1) is 55.1 Å². The third kappa shape index (κ3) is 36.6. The number of halogens is 1. The summed E-state index contributed by atoms with van der Waals surface area (Å²) >= 11 is 0. The number of aromatic nitrogens is 3. The third-order valence-corrected chi connectivity index (χ3v) is 29.7. The molecule has 1 aromatic carbocycles. The average Bonchev–Trinajstić information content (AvgIpc) is 1.30. The van der Waals surface area contributed by atoms with E-state index in [0.29, 0.717) is 69.4 Å². The van der Waals surface area contributed by atoms with Gasteiger partial charge in [0.15, 0.2) is 5.78 Å². The van der Waals surface area contributed by atoms with Crippen molar-refractivity contribution in [3.63, 3.8) is 0 Å². The van der Waals surface area contributed by atoms with Crippen LogP contribution in [0.5, 0.6) is 0 Å². The molecule has 5 unspecified atom stereocenters. The molecule has 107 heavy (non-hydrogen) atoms. The molecule has 0 radical (unpaired) electrons. The van der Waals surface area contributed by atoms with Crippen LogP contribution in [-0.2, 0) is 72.9 Å². The minimum absolute atomic E-state index is 0.0163. The van der Waals surface area contributed by atoms with Gasteiger partial charge in [0, 0.05) is 140 Å². The second kappa shape index (κ2) is 45.5. The fourth-order valence-corrected chi connectivity index (χ4v) is 22.6. The Bertz CT molecular complexity index is 3410. The lowest BCUT2D eigenvalue weighted by molar-refractivity contribution is -0.146. The van der Waals surface area contributed by atoms with Gasteiger partial charge in [0.1, 0.15) is 23.4 Å². The highest BCUT2D eigenvalue weighted by molar-refractivity contribution is 7.58. The standard InChI is InChI=1S/C70H114FN8O24P3Si/c1-69(2,3)107(71,70(4,5)6)58-26-21-50(22-27-58)65(91)73-45-59(60(83)44-52(67(94)95)16-10-9-12-19-55(80)18-11-7-8-13-20-61(84)72-32-15-14-17-51(66(92)93)42-57(82)43-53(68(96)97)23-28-62(85)86)79-46-54(74-75-79)24-25-56(81)29-39-104(98,99)47-76-33-35-77(48-105(100,101)40-30-63(87)88)37-38-78(36-34-76)49-106(102,103)41-31-64(89)90/h21-22,26-27,46,51-53,59H,7-20,23-25,28-45,47-49H2,1-6H3,(H,72,84)(H,73,91)(H,85,86)(H,87,88)(H,89,90)(H,92,93)(H,94,95)(H,96,97)(H,98,99)(H,100,101)(H,102,103)/t51-,52?,53-,59?/m1/s1. The van der Waals surface area contributed by atoms with Crippen molar-refractivity contribution in [1.29, 1.82) is 0 Å². The number of Topliss-reactive ketones (excluding diaryl/α,β-unsaturated/α-hetero) is 4. The zero-order chi connectivity index (χ0) is 80.5. The van der Waals surface area contributed by atoms with Crippen LogP contribution < -0.4 is 15.8 Å². The van der Waals surface area contributed by atoms with Crippen molar-refractivity contribution in [3.05, 3.63) is 41.7 Å². The molecule has 2 aromatic rings. The molecule has 3 rings (SSSR count). The average molecular weight is 1590 g/mol. The minimum atomic E-state index is -4.14. The summed E-state index contributed by atoms with van der Waals surface area (Å²) < 4.78 is 58.2. The molecule has 32 nitrogen and oxygen atoms in total. The zero-order valence-electron chi connectivity index (χ0n) is 62.6. The Morgan fingerprint density at radius 1 is 0.495 bits per heavy atom. The van der Waals surface area contributed by atoms with Crippen LogP contribution in [0.3, 0.4) is 0 Å². The number of aryl methyl sites for hydroxylation is 1. The smallest absolute Gasteiger partial charge is 0.306 e. The van der Waals surface area contributed by atoms with Crippen molar-refractivity contribution in [2.24, 2.45) is 17.8 Å². The number of aliphatic carboxylic acids is 6. The lowest BCUT2D eigenvalue weighted by Crippen LogP contribution is -2.57. The fraction of sp³-hybridized carbons (Fsp3) is 0.714. The molecular weight excluding hydrogens is 1480 g/mol. The summed E-state index contributed by atoms with van der Waals surface area (Å²) in [6.07, 6.45) is 0.433. The van der Waals surface area contributed by atoms with Crippen molar-refractivity contribution in [3.8, 4) is 0 Å². The lowest BCUT2D eigenvalue weighted by Gasteiger charge is -2.44. The van der Waals surface area contributed by atoms with Gasteiger partial charge in [-0.1, -0.05) is 91.0 Å². The van der Waals surface area contributed by atoms with Crippen molar-refractivity contribution < 1.29 is 121 Å². The number of carboxylic acid groups (broad SMARTS) is 6. The molecule has 2 amide bonds. The van der Waals surface area contributed by atoms with E-state index in [-0.39, 0.29) is 120 Å². The number of unbranched alkanes of at least 4 members (excludes halogenated alkanes) is 6. The van der Waals surface area contributed by atoms with Crippen molar-refractivity contribution >= 4 is 106 Å². The number of nitrogens with one attached hydrogen (secondary N) is 2. The second-order valence-corrected chi connectivity index (χ2v) is 42.4. The van der Waals surface area contributed by atoms with Crippen molar-refractivity contribution in [1.82, 2.24) is 40.3 Å². The molecule has 2 heterocycles. The quantitative estimate of drug-likeness (QED) is 0.0130. The molecule has 0 spiro atoms. The van der Waals surface area contributed by atoms with Gasteiger partial charge in [-0.25, -0.2) is 4.68 Å². The summed E-state index contributed by atoms with van der Waals surface area (Å²) in [5.41, 5.74) is 0.369. The Balaban J connectivity index is 1.60. The maximum Gasteiger partial charge on any atom is 0.306 e. The summed E-state index contributed by atoms with van der Waals surface area (Å²) in [5, 5.41) is 69.3. The van der Waals surface area contributed by atoms with Crippen molar-refractivity contribution in [2.75, 3.05) is 89.7 Å². The van der Waals surface area contributed by atoms with Gasteiger partial charge in [-0.05, 0) is 78.8 Å². The summed E-state index contributed by atoms with van der Waals surface area (Å²) in [6, 6.07) is 4.88. The monoisotopic (exact) mass is 1590 g/mol. The molecule has 1 fully saturated rings. The van der Waals surface area contributed by atoms with E-state index >= 15 is 4.11 Å². The Kier molecular flexibility index (Phi) is 40.2. The SMILES string of the molecule is CC(C)(C)[Si](F)(c1ccc(C(=O)NCC(C(=O)CC(CCCCCC(=O)CCCCCCC(=O)NCCCC[C@H](CC(=O)C[C@@H](CCC(=O)O)C(=O)O)C(=O)O)C(=O)O)n2cc(CCC(=O)CCP(=O)(O)CN3CCN(CP(=O)(O)CCC(=O)O)CCN(CP(=O)(O)CCC(=O)O)CC3)nn2)cc1)C(C)(C)C. The number of benzene rings is 1. The van der Waals surface area contributed by atoms with Gasteiger partial charge in [-0.3, -0.25) is 85.9 Å². The van der Waals surface area contributed by atoms with Gasteiger partial charge in [-0.15, -0.1) is 5.10 Å². The molecule has 0 bridgehead atoms. The second-order valence-electron chi connectivity index (χ2n) is 30.3. The van der Waals surface area contributed by atoms with Crippen LogP contribution in [0.4, 0.5) is 4.11 Å². The highest BCUT2D eigenvalue weighted by Crippen LogP contribution is 2.51. The summed E-state index contributed by atoms with van der Waals surface area (Å²) in [6.45, 7) is 11.4. The van der Waals surface area contributed by atoms with E-state index < -0.39 is 206 Å². The van der Waals surface area contributed by atoms with E-state index in [1.807, 2.05) is 41.5 Å². The van der Waals surface area contributed by atoms with Crippen LogP contribution in [0.15, 0.2) is 30.5 Å². The van der Waals surface area contributed by atoms with E-state index in [9.17, 15) is 101 Å². The highest BCUT2D eigenvalue weighted by Gasteiger charge is 2.56. The maximum absolute atomic E-state index is 17.2. The number of hydrogen-bond donors (Lipinski definition) is 11. The van der Waals surface area contributed by atoms with Gasteiger partial charge in [0.25, 0.3) is 14.3 Å². The van der Waals surface area contributed by atoms with E-state index in [1.165, 1.54) is 18.3 Å². The molecule has 604 valence electrons. The molecule has 1 aromatic heterocycles. The first kappa shape index (κ1) is 94.6. The van der Waals surface area contributed by atoms with E-state index in [2.05, 4.69) is 20.9 Å². The van der Waals surface area contributed by atoms with Crippen LogP contribution in [0, 0.1) is 17.8 Å². The first-order valence-electron chi connectivity index (χ1n) is 36.6. The number of rotatable bonds is 54. The molecule has 1 saturated heterocycles. The summed E-state index contributed by atoms with van der Waals surface area (Å²) in [7, 11) is -15.9. The van der Waals surface area contributed by atoms with E-state index in [0.717, 1.165) is 4.68 Å². The third-order valence-electron chi connectivity index (χ3n) is 19.1. The predicted octanol–water partition coefficient (Wildman–Crippen LogP) is 7.84. The van der Waals surface area contributed by atoms with Crippen LogP contribution in [-0.4, -0.2) is 244 Å². The van der Waals surface area contributed by atoms with Crippen molar-refractivity contribution in [2.45, 2.75) is 212 Å².